The van der Waals surface area contributed by atoms with E-state index in [2.05, 4.69) is 17.1 Å². The number of nitrogens with zero attached hydrogens (tertiary/aromatic N) is 2. The molecule has 1 aromatic rings. The first-order valence-corrected chi connectivity index (χ1v) is 6.01. The maximum absolute atomic E-state index is 5.42. The van der Waals surface area contributed by atoms with Gasteiger partial charge in [-0.1, -0.05) is 12.1 Å². The quantitative estimate of drug-likeness (QED) is 0.810. The summed E-state index contributed by atoms with van der Waals surface area (Å²) in [5, 5.41) is 4.03. The van der Waals surface area contributed by atoms with Gasteiger partial charge in [-0.05, 0) is 12.2 Å². The van der Waals surface area contributed by atoms with Gasteiger partial charge >= 0.3 is 0 Å². The van der Waals surface area contributed by atoms with E-state index in [0.29, 0.717) is 18.9 Å². The van der Waals surface area contributed by atoms with Crippen molar-refractivity contribution in [3.05, 3.63) is 11.7 Å². The maximum Gasteiger partial charge on any atom is 0.227 e. The first-order valence-electron chi connectivity index (χ1n) is 4.85. The Morgan fingerprint density at radius 2 is 2.50 bits per heavy atom. The number of nitrogens with two attached hydrogens (primary N) is 1. The van der Waals surface area contributed by atoms with Crippen molar-refractivity contribution in [1.29, 1.82) is 0 Å². The van der Waals surface area contributed by atoms with Crippen LogP contribution in [0.15, 0.2) is 4.52 Å². The van der Waals surface area contributed by atoms with Crippen LogP contribution < -0.4 is 5.73 Å². The Hall–Kier alpha value is -0.550. The molecule has 5 heteroatoms. The molecule has 0 radical (unpaired) electrons. The average molecular weight is 213 g/mol. The molecule has 1 aliphatic rings. The Morgan fingerprint density at radius 3 is 3.14 bits per heavy atom. The van der Waals surface area contributed by atoms with Gasteiger partial charge in [0, 0.05) is 24.1 Å². The maximum atomic E-state index is 5.42. The summed E-state index contributed by atoms with van der Waals surface area (Å²) in [5.74, 6) is 3.80. The van der Waals surface area contributed by atoms with E-state index in [9.17, 15) is 0 Å². The van der Waals surface area contributed by atoms with Crippen molar-refractivity contribution in [2.24, 2.45) is 5.73 Å². The lowest BCUT2D eigenvalue weighted by Crippen LogP contribution is -2.22. The largest absolute Gasteiger partial charge is 0.339 e. The topological polar surface area (TPSA) is 64.9 Å². The van der Waals surface area contributed by atoms with E-state index in [1.54, 1.807) is 0 Å². The third-order valence-corrected chi connectivity index (χ3v) is 3.92. The predicted molar refractivity (Wildman–Crippen MR) is 56.4 cm³/mol. The van der Waals surface area contributed by atoms with Crippen LogP contribution in [-0.4, -0.2) is 28.2 Å². The van der Waals surface area contributed by atoms with Gasteiger partial charge in [0.15, 0.2) is 5.82 Å². The van der Waals surface area contributed by atoms with Crippen molar-refractivity contribution in [1.82, 2.24) is 10.1 Å². The van der Waals surface area contributed by atoms with Crippen LogP contribution in [0.1, 0.15) is 25.1 Å². The Balaban J connectivity index is 2.15. The molecule has 2 rings (SSSR count). The molecule has 78 valence electrons. The summed E-state index contributed by atoms with van der Waals surface area (Å²) in [6.45, 7) is 2.76. The molecule has 1 aliphatic heterocycles. The zero-order valence-electron chi connectivity index (χ0n) is 8.32. The van der Waals surface area contributed by atoms with Crippen LogP contribution >= 0.6 is 11.8 Å². The smallest absolute Gasteiger partial charge is 0.227 e. The van der Waals surface area contributed by atoms with Gasteiger partial charge in [-0.3, -0.25) is 0 Å². The minimum absolute atomic E-state index is 0.112. The van der Waals surface area contributed by atoms with E-state index >= 15 is 0 Å². The summed E-state index contributed by atoms with van der Waals surface area (Å²) in [4.78, 5) is 4.38. The number of aromatic nitrogens is 2. The molecule has 2 heterocycles. The van der Waals surface area contributed by atoms with E-state index in [4.69, 9.17) is 10.3 Å². The zero-order chi connectivity index (χ0) is 10.0. The summed E-state index contributed by atoms with van der Waals surface area (Å²) in [5.41, 5.74) is 5.54. The Labute approximate surface area is 87.6 Å². The fourth-order valence-corrected chi connectivity index (χ4v) is 3.03. The molecule has 1 unspecified atom stereocenters. The lowest BCUT2D eigenvalue weighted by Gasteiger charge is -2.16. The molecule has 0 saturated carbocycles. The highest BCUT2D eigenvalue weighted by Gasteiger charge is 2.35. The Bertz CT molecular complexity index is 307. The highest BCUT2D eigenvalue weighted by molar-refractivity contribution is 7.99. The van der Waals surface area contributed by atoms with Gasteiger partial charge in [-0.25, -0.2) is 0 Å². The molecule has 1 fully saturated rings. The molecule has 2 N–H and O–H groups in total. The molecule has 4 nitrogen and oxygen atoms in total. The third-order valence-electron chi connectivity index (χ3n) is 2.58. The van der Waals surface area contributed by atoms with Crippen LogP contribution in [0.3, 0.4) is 0 Å². The van der Waals surface area contributed by atoms with Crippen molar-refractivity contribution in [3.8, 4) is 0 Å². The number of hydrogen-bond donors (Lipinski definition) is 1. The van der Waals surface area contributed by atoms with E-state index in [1.807, 2.05) is 11.8 Å². The second kappa shape index (κ2) is 3.90. The first kappa shape index (κ1) is 9.98. The predicted octanol–water partition coefficient (Wildman–Crippen LogP) is 0.965. The SMILES string of the molecule is CC1(c2noc(CCN)n2)CCSC1. The minimum atomic E-state index is 0.112. The van der Waals surface area contributed by atoms with E-state index < -0.39 is 0 Å². The van der Waals surface area contributed by atoms with Gasteiger partial charge in [-0.2, -0.15) is 16.7 Å². The van der Waals surface area contributed by atoms with Crippen LogP contribution in [0, 0.1) is 0 Å². The van der Waals surface area contributed by atoms with Crippen LogP contribution in [0.5, 0.6) is 0 Å². The minimum Gasteiger partial charge on any atom is -0.339 e. The molecule has 1 aromatic heterocycles. The summed E-state index contributed by atoms with van der Waals surface area (Å²) >= 11 is 1.95. The second-order valence-electron chi connectivity index (χ2n) is 3.91. The highest BCUT2D eigenvalue weighted by atomic mass is 32.2. The van der Waals surface area contributed by atoms with Gasteiger partial charge in [-0.15, -0.1) is 0 Å². The fraction of sp³-hybridized carbons (Fsp3) is 0.778. The van der Waals surface area contributed by atoms with Crippen molar-refractivity contribution in [2.45, 2.75) is 25.2 Å². The van der Waals surface area contributed by atoms with E-state index in [-0.39, 0.29) is 5.41 Å². The summed E-state index contributed by atoms with van der Waals surface area (Å²) in [6.07, 6.45) is 1.81. The summed E-state index contributed by atoms with van der Waals surface area (Å²) in [7, 11) is 0. The normalized spacial score (nSPS) is 27.0. The van der Waals surface area contributed by atoms with Gasteiger partial charge < -0.3 is 10.3 Å². The number of thioether (sulfide) groups is 1. The van der Waals surface area contributed by atoms with E-state index in [0.717, 1.165) is 18.0 Å². The molecule has 1 atom stereocenters. The van der Waals surface area contributed by atoms with Gasteiger partial charge in [0.25, 0.3) is 0 Å². The van der Waals surface area contributed by atoms with Crippen LogP contribution in [0.4, 0.5) is 0 Å². The van der Waals surface area contributed by atoms with Crippen LogP contribution in [0.25, 0.3) is 0 Å². The second-order valence-corrected chi connectivity index (χ2v) is 5.02. The number of rotatable bonds is 3. The van der Waals surface area contributed by atoms with E-state index in [1.165, 1.54) is 5.75 Å². The molecule has 0 bridgehead atoms. The molecule has 0 amide bonds. The van der Waals surface area contributed by atoms with Gasteiger partial charge in [0.2, 0.25) is 5.89 Å². The number of hydrogen-bond acceptors (Lipinski definition) is 5. The standard InChI is InChI=1S/C9H15N3OS/c1-9(3-5-14-6-9)8-11-7(2-4-10)13-12-8/h2-6,10H2,1H3. The Kier molecular flexibility index (Phi) is 2.78. The molecular weight excluding hydrogens is 198 g/mol. The van der Waals surface area contributed by atoms with Crippen LogP contribution in [-0.2, 0) is 11.8 Å². The fourth-order valence-electron chi connectivity index (χ4n) is 1.57. The lowest BCUT2D eigenvalue weighted by atomic mass is 9.89. The van der Waals surface area contributed by atoms with Crippen LogP contribution in [0.2, 0.25) is 0 Å². The first-order chi connectivity index (χ1) is 6.74. The van der Waals surface area contributed by atoms with Crippen molar-refractivity contribution < 1.29 is 4.52 Å². The molecule has 0 aliphatic carbocycles. The van der Waals surface area contributed by atoms with Gasteiger partial charge in [0.1, 0.15) is 0 Å². The summed E-state index contributed by atoms with van der Waals surface area (Å²) < 4.78 is 5.13. The summed E-state index contributed by atoms with van der Waals surface area (Å²) in [6, 6.07) is 0. The van der Waals surface area contributed by atoms with Crippen molar-refractivity contribution in [3.63, 3.8) is 0 Å². The zero-order valence-corrected chi connectivity index (χ0v) is 9.14. The Morgan fingerprint density at radius 1 is 1.64 bits per heavy atom. The molecule has 1 saturated heterocycles. The average Bonchev–Trinajstić information content (AvgIpc) is 2.75. The molecule has 0 spiro atoms. The van der Waals surface area contributed by atoms with Crippen molar-refractivity contribution >= 4 is 11.8 Å². The van der Waals surface area contributed by atoms with Crippen molar-refractivity contribution in [2.75, 3.05) is 18.1 Å². The molecular formula is C9H15N3OS. The highest BCUT2D eigenvalue weighted by Crippen LogP contribution is 2.36. The third kappa shape index (κ3) is 1.79. The molecule has 14 heavy (non-hydrogen) atoms. The monoisotopic (exact) mass is 213 g/mol. The molecule has 0 aromatic carbocycles. The lowest BCUT2D eigenvalue weighted by molar-refractivity contribution is 0.361. The van der Waals surface area contributed by atoms with Gasteiger partial charge in [0.05, 0.1) is 0 Å².